The van der Waals surface area contributed by atoms with E-state index in [-0.39, 0.29) is 60.9 Å². The summed E-state index contributed by atoms with van der Waals surface area (Å²) in [6, 6.07) is 4.26. The van der Waals surface area contributed by atoms with Crippen molar-refractivity contribution >= 4 is 46.8 Å². The number of halogens is 2. The molecule has 3 rings (SSSR count). The van der Waals surface area contributed by atoms with Crippen molar-refractivity contribution in [1.29, 1.82) is 0 Å². The van der Waals surface area contributed by atoms with Crippen LogP contribution in [0.1, 0.15) is 45.6 Å². The maximum atomic E-state index is 13.3. The van der Waals surface area contributed by atoms with Gasteiger partial charge in [-0.05, 0) is 37.8 Å². The molecular formula is C25H31Cl2N3O4. The Kier molecular flexibility index (Phi) is 8.77. The Morgan fingerprint density at radius 2 is 1.62 bits per heavy atom. The first-order chi connectivity index (χ1) is 16.1. The number of fused-ring (bicyclic) bond motifs is 1. The second-order valence-corrected chi connectivity index (χ2v) is 10.1. The summed E-state index contributed by atoms with van der Waals surface area (Å²) >= 11 is 12.7. The fraction of sp³-hybridized carbons (Fsp3) is 0.520. The fourth-order valence-electron chi connectivity index (χ4n) is 4.33. The molecule has 7 nitrogen and oxygen atoms in total. The first kappa shape index (κ1) is 26.2. The Hall–Kier alpha value is -2.38. The van der Waals surface area contributed by atoms with Crippen LogP contribution in [0.2, 0.25) is 10.0 Å². The van der Waals surface area contributed by atoms with Gasteiger partial charge in [0.15, 0.2) is 0 Å². The second-order valence-electron chi connectivity index (χ2n) is 9.27. The zero-order chi connectivity index (χ0) is 25.0. The molecule has 9 heteroatoms. The molecule has 1 heterocycles. The molecule has 1 aliphatic carbocycles. The Bertz CT molecular complexity index is 948. The first-order valence-electron chi connectivity index (χ1n) is 11.6. The van der Waals surface area contributed by atoms with Crippen molar-refractivity contribution in [2.75, 3.05) is 13.1 Å². The molecule has 0 saturated carbocycles. The number of hydrogen-bond acceptors (Lipinski definition) is 4. The van der Waals surface area contributed by atoms with E-state index in [2.05, 4.69) is 5.32 Å². The number of likely N-dealkylation sites (tertiary alicyclic amines) is 1. The van der Waals surface area contributed by atoms with E-state index in [1.165, 1.54) is 9.80 Å². The number of nitrogens with one attached hydrogen (secondary N) is 1. The molecule has 0 unspecified atom stereocenters. The van der Waals surface area contributed by atoms with Gasteiger partial charge in [0.2, 0.25) is 23.6 Å². The molecule has 1 aromatic rings. The highest BCUT2D eigenvalue weighted by atomic mass is 35.5. The van der Waals surface area contributed by atoms with Gasteiger partial charge in [-0.3, -0.25) is 24.1 Å². The van der Waals surface area contributed by atoms with E-state index >= 15 is 0 Å². The van der Waals surface area contributed by atoms with Crippen LogP contribution >= 0.6 is 23.2 Å². The van der Waals surface area contributed by atoms with Gasteiger partial charge in [-0.15, -0.1) is 0 Å². The van der Waals surface area contributed by atoms with Gasteiger partial charge < -0.3 is 10.2 Å². The highest BCUT2D eigenvalue weighted by Crippen LogP contribution is 2.35. The average Bonchev–Trinajstić information content (AvgIpc) is 3.05. The Labute approximate surface area is 210 Å². The standard InChI is InChI=1S/C25H31Cl2N3O4/c1-15(2)13-28-23(32)16(3)30(14-19-20(26)9-6-10-21(19)27)22(31)11-12-29-24(33)17-7-4-5-8-18(17)25(29)34/h4-6,9-10,15-18H,7-8,11-14H2,1-3H3,(H,28,32)/t16-,17-,18+/m1/s1. The molecule has 4 amide bonds. The number of hydrogen-bond donors (Lipinski definition) is 1. The van der Waals surface area contributed by atoms with Gasteiger partial charge in [0.25, 0.3) is 0 Å². The van der Waals surface area contributed by atoms with E-state index in [1.54, 1.807) is 25.1 Å². The molecular weight excluding hydrogens is 477 g/mol. The number of benzene rings is 1. The van der Waals surface area contributed by atoms with Crippen molar-refractivity contribution in [2.45, 2.75) is 52.6 Å². The van der Waals surface area contributed by atoms with E-state index in [9.17, 15) is 19.2 Å². The zero-order valence-electron chi connectivity index (χ0n) is 19.7. The van der Waals surface area contributed by atoms with Gasteiger partial charge in [0.05, 0.1) is 11.8 Å². The van der Waals surface area contributed by atoms with Gasteiger partial charge in [-0.2, -0.15) is 0 Å². The molecule has 0 spiro atoms. The number of carbonyl (C=O) groups is 4. The van der Waals surface area contributed by atoms with E-state index < -0.39 is 6.04 Å². The van der Waals surface area contributed by atoms with Crippen molar-refractivity contribution < 1.29 is 19.2 Å². The molecule has 184 valence electrons. The fourth-order valence-corrected chi connectivity index (χ4v) is 4.85. The molecule has 0 bridgehead atoms. The van der Waals surface area contributed by atoms with E-state index in [1.807, 2.05) is 26.0 Å². The van der Waals surface area contributed by atoms with Crippen molar-refractivity contribution in [2.24, 2.45) is 17.8 Å². The Morgan fingerprint density at radius 3 is 2.15 bits per heavy atom. The monoisotopic (exact) mass is 507 g/mol. The van der Waals surface area contributed by atoms with Crippen LogP contribution in [0.25, 0.3) is 0 Å². The maximum Gasteiger partial charge on any atom is 0.242 e. The lowest BCUT2D eigenvalue weighted by Gasteiger charge is -2.30. The molecule has 1 aromatic carbocycles. The number of rotatable bonds is 9. The first-order valence-corrected chi connectivity index (χ1v) is 12.4. The smallest absolute Gasteiger partial charge is 0.242 e. The molecule has 1 fully saturated rings. The summed E-state index contributed by atoms with van der Waals surface area (Å²) in [6.07, 6.45) is 4.85. The topological polar surface area (TPSA) is 86.8 Å². The lowest BCUT2D eigenvalue weighted by atomic mass is 9.85. The maximum absolute atomic E-state index is 13.3. The molecule has 1 saturated heterocycles. The van der Waals surface area contributed by atoms with Crippen LogP contribution in [-0.4, -0.2) is 52.6 Å². The quantitative estimate of drug-likeness (QED) is 0.406. The van der Waals surface area contributed by atoms with Crippen molar-refractivity contribution in [3.8, 4) is 0 Å². The van der Waals surface area contributed by atoms with Crippen LogP contribution in [0, 0.1) is 17.8 Å². The minimum atomic E-state index is -0.796. The predicted octanol–water partition coefficient (Wildman–Crippen LogP) is 3.82. The average molecular weight is 508 g/mol. The number of amides is 4. The highest BCUT2D eigenvalue weighted by molar-refractivity contribution is 6.36. The number of imide groups is 1. The summed E-state index contributed by atoms with van der Waals surface area (Å²) in [4.78, 5) is 54.2. The molecule has 2 aliphatic rings. The third-order valence-electron chi connectivity index (χ3n) is 6.39. The van der Waals surface area contributed by atoms with Crippen molar-refractivity contribution in [1.82, 2.24) is 15.1 Å². The number of carbonyl (C=O) groups excluding carboxylic acids is 4. The van der Waals surface area contributed by atoms with E-state index in [4.69, 9.17) is 23.2 Å². The van der Waals surface area contributed by atoms with Gasteiger partial charge >= 0.3 is 0 Å². The normalized spacial score (nSPS) is 20.5. The SMILES string of the molecule is CC(C)CNC(=O)[C@@H](C)N(Cc1c(Cl)cccc1Cl)C(=O)CCN1C(=O)[C@H]2CC=CC[C@H]2C1=O. The minimum Gasteiger partial charge on any atom is -0.354 e. The molecule has 0 aromatic heterocycles. The van der Waals surface area contributed by atoms with Crippen molar-refractivity contribution in [3.05, 3.63) is 46.0 Å². The Morgan fingerprint density at radius 1 is 1.06 bits per heavy atom. The highest BCUT2D eigenvalue weighted by Gasteiger charge is 2.47. The summed E-state index contributed by atoms with van der Waals surface area (Å²) in [5.41, 5.74) is 0.535. The summed E-state index contributed by atoms with van der Waals surface area (Å²) < 4.78 is 0. The van der Waals surface area contributed by atoms with Crippen LogP contribution in [0.3, 0.4) is 0 Å². The second kappa shape index (κ2) is 11.4. The van der Waals surface area contributed by atoms with Crippen LogP contribution in [0.5, 0.6) is 0 Å². The summed E-state index contributed by atoms with van der Waals surface area (Å²) in [6.45, 7) is 6.10. The van der Waals surface area contributed by atoms with E-state index in [0.717, 1.165) is 0 Å². The summed E-state index contributed by atoms with van der Waals surface area (Å²) in [5, 5.41) is 3.63. The molecule has 0 radical (unpaired) electrons. The van der Waals surface area contributed by atoms with Crippen LogP contribution in [0.15, 0.2) is 30.4 Å². The van der Waals surface area contributed by atoms with Crippen LogP contribution < -0.4 is 5.32 Å². The molecule has 1 N–H and O–H groups in total. The van der Waals surface area contributed by atoms with Gasteiger partial charge in [-0.25, -0.2) is 0 Å². The third-order valence-corrected chi connectivity index (χ3v) is 7.10. The predicted molar refractivity (Wildman–Crippen MR) is 131 cm³/mol. The lowest BCUT2D eigenvalue weighted by Crippen LogP contribution is -2.49. The van der Waals surface area contributed by atoms with Gasteiger partial charge in [0.1, 0.15) is 6.04 Å². The molecule has 34 heavy (non-hydrogen) atoms. The third kappa shape index (κ3) is 5.81. The number of nitrogens with zero attached hydrogens (tertiary/aromatic N) is 2. The number of allylic oxidation sites excluding steroid dienone is 2. The lowest BCUT2D eigenvalue weighted by molar-refractivity contribution is -0.143. The van der Waals surface area contributed by atoms with Crippen molar-refractivity contribution in [3.63, 3.8) is 0 Å². The minimum absolute atomic E-state index is 0.0173. The summed E-state index contributed by atoms with van der Waals surface area (Å²) in [5.74, 6) is -1.54. The molecule has 1 aliphatic heterocycles. The summed E-state index contributed by atoms with van der Waals surface area (Å²) in [7, 11) is 0. The Balaban J connectivity index is 1.75. The van der Waals surface area contributed by atoms with Crippen LogP contribution in [0.4, 0.5) is 0 Å². The largest absolute Gasteiger partial charge is 0.354 e. The van der Waals surface area contributed by atoms with Gasteiger partial charge in [0, 0.05) is 41.7 Å². The zero-order valence-corrected chi connectivity index (χ0v) is 21.2. The van der Waals surface area contributed by atoms with E-state index in [0.29, 0.717) is 35.0 Å². The van der Waals surface area contributed by atoms with Gasteiger partial charge in [-0.1, -0.05) is 55.3 Å². The molecule has 3 atom stereocenters. The van der Waals surface area contributed by atoms with Crippen LogP contribution in [-0.2, 0) is 25.7 Å².